The quantitative estimate of drug-likeness (QED) is 0.599. The summed E-state index contributed by atoms with van der Waals surface area (Å²) in [5.74, 6) is -1.73. The van der Waals surface area contributed by atoms with Crippen LogP contribution < -0.4 is 10.9 Å². The van der Waals surface area contributed by atoms with Crippen molar-refractivity contribution in [3.05, 3.63) is 65.1 Å². The Labute approximate surface area is 182 Å². The summed E-state index contributed by atoms with van der Waals surface area (Å²) in [5.41, 5.74) is 0.125. The molecule has 1 aliphatic heterocycles. The molecule has 0 saturated carbocycles. The van der Waals surface area contributed by atoms with Crippen LogP contribution in [0.2, 0.25) is 0 Å². The third-order valence-corrected chi connectivity index (χ3v) is 5.30. The van der Waals surface area contributed by atoms with E-state index < -0.39 is 28.6 Å². The van der Waals surface area contributed by atoms with Crippen LogP contribution >= 0.6 is 0 Å². The van der Waals surface area contributed by atoms with E-state index in [1.54, 1.807) is 6.07 Å². The van der Waals surface area contributed by atoms with Gasteiger partial charge in [0.15, 0.2) is 0 Å². The maximum atomic E-state index is 13.2. The van der Waals surface area contributed by atoms with E-state index in [2.05, 4.69) is 26.8 Å². The number of fused-ring (bicyclic) bond motifs is 1. The van der Waals surface area contributed by atoms with Gasteiger partial charge in [0.2, 0.25) is 0 Å². The number of rotatable bonds is 6. The molecule has 0 spiro atoms. The van der Waals surface area contributed by atoms with Crippen molar-refractivity contribution in [1.82, 2.24) is 24.8 Å². The summed E-state index contributed by atoms with van der Waals surface area (Å²) in [6.45, 7) is 6.96. The molecule has 1 aliphatic rings. The summed E-state index contributed by atoms with van der Waals surface area (Å²) in [4.78, 5) is 36.2. The Morgan fingerprint density at radius 2 is 2.03 bits per heavy atom. The number of halogens is 1. The molecule has 0 atom stereocenters. The van der Waals surface area contributed by atoms with E-state index in [4.69, 9.17) is 4.74 Å². The first-order chi connectivity index (χ1) is 15.5. The zero-order valence-corrected chi connectivity index (χ0v) is 17.3. The predicted octanol–water partition coefficient (Wildman–Crippen LogP) is 1.51. The van der Waals surface area contributed by atoms with Gasteiger partial charge in [-0.3, -0.25) is 24.0 Å². The minimum Gasteiger partial charge on any atom is -0.506 e. The molecule has 0 bridgehead atoms. The van der Waals surface area contributed by atoms with Crippen LogP contribution in [0.3, 0.4) is 0 Å². The van der Waals surface area contributed by atoms with Crippen LogP contribution in [0.15, 0.2) is 48.2 Å². The summed E-state index contributed by atoms with van der Waals surface area (Å²) in [6, 6.07) is 4.32. The average Bonchev–Trinajstić information content (AvgIpc) is 2.80. The van der Waals surface area contributed by atoms with Gasteiger partial charge >= 0.3 is 0 Å². The van der Waals surface area contributed by atoms with Crippen LogP contribution in [-0.2, 0) is 11.3 Å². The van der Waals surface area contributed by atoms with Gasteiger partial charge in [0.1, 0.15) is 22.8 Å². The third-order valence-electron chi connectivity index (χ3n) is 5.30. The molecule has 10 heteroatoms. The highest BCUT2D eigenvalue weighted by Gasteiger charge is 2.23. The monoisotopic (exact) mass is 439 g/mol. The molecule has 0 radical (unpaired) electrons. The van der Waals surface area contributed by atoms with Crippen molar-refractivity contribution < 1.29 is 19.0 Å². The summed E-state index contributed by atoms with van der Waals surface area (Å²) in [5, 5.41) is 13.4. The molecule has 0 aliphatic carbocycles. The van der Waals surface area contributed by atoms with Crippen molar-refractivity contribution in [3.63, 3.8) is 0 Å². The lowest BCUT2D eigenvalue weighted by Crippen LogP contribution is -2.40. The number of hydrogen-bond acceptors (Lipinski definition) is 7. The Bertz CT molecular complexity index is 1220. The highest BCUT2D eigenvalue weighted by molar-refractivity contribution is 6.02. The number of aromatic hydroxyl groups is 1. The van der Waals surface area contributed by atoms with Crippen LogP contribution in [0, 0.1) is 5.82 Å². The second-order valence-electron chi connectivity index (χ2n) is 7.27. The molecule has 1 fully saturated rings. The fourth-order valence-electron chi connectivity index (χ4n) is 3.64. The highest BCUT2D eigenvalue weighted by atomic mass is 19.1. The summed E-state index contributed by atoms with van der Waals surface area (Å²) in [6.07, 6.45) is 3.71. The Hall–Kier alpha value is -3.63. The van der Waals surface area contributed by atoms with Gasteiger partial charge in [0.05, 0.1) is 30.5 Å². The zero-order valence-electron chi connectivity index (χ0n) is 17.3. The van der Waals surface area contributed by atoms with Crippen LogP contribution in [-0.4, -0.2) is 63.3 Å². The largest absolute Gasteiger partial charge is 0.506 e. The van der Waals surface area contributed by atoms with Gasteiger partial charge in [-0.05, 0) is 24.4 Å². The Morgan fingerprint density at radius 1 is 1.25 bits per heavy atom. The topological polar surface area (TPSA) is 110 Å². The Kier molecular flexibility index (Phi) is 6.24. The summed E-state index contributed by atoms with van der Waals surface area (Å²) < 4.78 is 20.0. The van der Waals surface area contributed by atoms with Gasteiger partial charge in [-0.1, -0.05) is 6.58 Å². The number of ether oxygens (including phenoxy) is 1. The molecule has 3 aromatic heterocycles. The first kappa shape index (κ1) is 21.6. The smallest absolute Gasteiger partial charge is 0.268 e. The zero-order chi connectivity index (χ0) is 22.7. The van der Waals surface area contributed by atoms with Gasteiger partial charge in [0, 0.05) is 37.9 Å². The predicted molar refractivity (Wildman–Crippen MR) is 116 cm³/mol. The molecule has 1 amide bonds. The first-order valence-electron chi connectivity index (χ1n) is 10.1. The molecular weight excluding hydrogens is 417 g/mol. The molecule has 3 aromatic rings. The summed E-state index contributed by atoms with van der Waals surface area (Å²) in [7, 11) is 0. The van der Waals surface area contributed by atoms with Crippen molar-refractivity contribution in [2.75, 3.05) is 32.8 Å². The number of nitrogens with zero attached hydrogens (tertiary/aromatic N) is 4. The van der Waals surface area contributed by atoms with E-state index in [1.807, 2.05) is 0 Å². The standard InChI is InChI=1S/C22H22FN5O4/c1-2-24-21(30)18-19(29)16-11-14(17-4-3-15(23)13-25-17)12-26-20(16)28(22(18)31)6-5-27-7-9-32-10-8-27/h2-4,11-13,29H,1,5-10H2,(H,24,30). The number of carbonyl (C=O) groups is 1. The molecule has 9 nitrogen and oxygen atoms in total. The van der Waals surface area contributed by atoms with E-state index in [9.17, 15) is 19.1 Å². The number of carbonyl (C=O) groups excluding carboxylic acids is 1. The van der Waals surface area contributed by atoms with Gasteiger partial charge in [-0.25, -0.2) is 9.37 Å². The lowest BCUT2D eigenvalue weighted by Gasteiger charge is -2.27. The maximum Gasteiger partial charge on any atom is 0.268 e. The minimum absolute atomic E-state index is 0.212. The number of amides is 1. The van der Waals surface area contributed by atoms with Crippen molar-refractivity contribution >= 4 is 16.9 Å². The molecule has 0 aromatic carbocycles. The molecule has 4 heterocycles. The molecule has 1 saturated heterocycles. The Balaban J connectivity index is 1.83. The Morgan fingerprint density at radius 3 is 2.72 bits per heavy atom. The fraction of sp³-hybridized carbons (Fsp3) is 0.273. The molecule has 166 valence electrons. The number of hydrogen-bond donors (Lipinski definition) is 2. The second-order valence-corrected chi connectivity index (χ2v) is 7.27. The van der Waals surface area contributed by atoms with Crippen molar-refractivity contribution in [2.24, 2.45) is 0 Å². The number of nitrogens with one attached hydrogen (secondary N) is 1. The van der Waals surface area contributed by atoms with Crippen LogP contribution in [0.1, 0.15) is 10.4 Å². The molecule has 0 unspecified atom stereocenters. The SMILES string of the molecule is C=CNC(=O)c1c(O)c2cc(-c3ccc(F)cn3)cnc2n(CCN2CCOCC2)c1=O. The fourth-order valence-corrected chi connectivity index (χ4v) is 3.64. The normalized spacial score (nSPS) is 14.4. The van der Waals surface area contributed by atoms with E-state index in [-0.39, 0.29) is 17.6 Å². The van der Waals surface area contributed by atoms with Gasteiger partial charge < -0.3 is 15.2 Å². The third kappa shape index (κ3) is 4.23. The van der Waals surface area contributed by atoms with Crippen molar-refractivity contribution in [3.8, 4) is 17.0 Å². The minimum atomic E-state index is -0.769. The van der Waals surface area contributed by atoms with Crippen LogP contribution in [0.25, 0.3) is 22.3 Å². The molecule has 2 N–H and O–H groups in total. The first-order valence-corrected chi connectivity index (χ1v) is 10.1. The van der Waals surface area contributed by atoms with Gasteiger partial charge in [-0.15, -0.1) is 0 Å². The lowest BCUT2D eigenvalue weighted by molar-refractivity contribution is 0.0364. The van der Waals surface area contributed by atoms with E-state index in [0.717, 1.165) is 25.5 Å². The summed E-state index contributed by atoms with van der Waals surface area (Å²) >= 11 is 0. The van der Waals surface area contributed by atoms with E-state index in [0.29, 0.717) is 31.0 Å². The van der Waals surface area contributed by atoms with Crippen LogP contribution in [0.5, 0.6) is 5.75 Å². The second kappa shape index (κ2) is 9.25. The van der Waals surface area contributed by atoms with Crippen molar-refractivity contribution in [2.45, 2.75) is 6.54 Å². The highest BCUT2D eigenvalue weighted by Crippen LogP contribution is 2.29. The average molecular weight is 439 g/mol. The van der Waals surface area contributed by atoms with E-state index >= 15 is 0 Å². The van der Waals surface area contributed by atoms with E-state index in [1.165, 1.54) is 22.9 Å². The molecule has 4 rings (SSSR count). The maximum absolute atomic E-state index is 13.2. The molecule has 32 heavy (non-hydrogen) atoms. The number of morpholine rings is 1. The van der Waals surface area contributed by atoms with Gasteiger partial charge in [0.25, 0.3) is 11.5 Å². The van der Waals surface area contributed by atoms with Crippen molar-refractivity contribution in [1.29, 1.82) is 0 Å². The van der Waals surface area contributed by atoms with Gasteiger partial charge in [-0.2, -0.15) is 0 Å². The lowest BCUT2D eigenvalue weighted by atomic mass is 10.1. The number of pyridine rings is 3. The van der Waals surface area contributed by atoms with Crippen LogP contribution in [0.4, 0.5) is 4.39 Å². The number of aromatic nitrogens is 3. The molecular formula is C22H22FN5O4.